The average molecular weight is 486 g/mol. The van der Waals surface area contributed by atoms with Crippen LogP contribution in [0.5, 0.6) is 0 Å². The topological polar surface area (TPSA) is 73.2 Å². The van der Waals surface area contributed by atoms with Gasteiger partial charge in [0, 0.05) is 56.5 Å². The zero-order chi connectivity index (χ0) is 25.2. The van der Waals surface area contributed by atoms with E-state index < -0.39 is 17.8 Å². The number of carbonyl (C=O) groups is 2. The van der Waals surface area contributed by atoms with Crippen molar-refractivity contribution < 1.29 is 23.8 Å². The number of aromatic nitrogens is 1. The van der Waals surface area contributed by atoms with Gasteiger partial charge >= 0.3 is 6.09 Å². The number of hydrogen-bond acceptors (Lipinski definition) is 5. The van der Waals surface area contributed by atoms with Gasteiger partial charge in [0.15, 0.2) is 6.10 Å². The highest BCUT2D eigenvalue weighted by Gasteiger charge is 2.39. The molecule has 0 N–H and O–H groups in total. The third-order valence-corrected chi connectivity index (χ3v) is 6.47. The predicted molar refractivity (Wildman–Crippen MR) is 134 cm³/mol. The summed E-state index contributed by atoms with van der Waals surface area (Å²) in [4.78, 5) is 29.8. The fourth-order valence-electron chi connectivity index (χ4n) is 4.61. The van der Waals surface area contributed by atoms with Crippen molar-refractivity contribution in [2.45, 2.75) is 77.8 Å². The highest BCUT2D eigenvalue weighted by Crippen LogP contribution is 2.32. The van der Waals surface area contributed by atoms with Gasteiger partial charge in [-0.1, -0.05) is 11.6 Å². The first kappa shape index (κ1) is 25.5. The van der Waals surface area contributed by atoms with Crippen LogP contribution in [0, 0.1) is 6.92 Å². The Bertz CT molecular complexity index is 1050. The summed E-state index contributed by atoms with van der Waals surface area (Å²) >= 11 is 0. The van der Waals surface area contributed by atoms with Crippen LogP contribution in [0.3, 0.4) is 0 Å². The van der Waals surface area contributed by atoms with Crippen LogP contribution in [0.1, 0.15) is 51.2 Å². The molecule has 1 aromatic heterocycles. The minimum absolute atomic E-state index is 0.0475. The lowest BCUT2D eigenvalue weighted by Gasteiger charge is -2.35. The SMILES string of the molecule is COCCCn1cc(CN(C(=O)[C@H]2CN(C(=O)OC(C)(C)C)CCO2)C2CC2)c2cc(C)ccc21. The van der Waals surface area contributed by atoms with Crippen LogP contribution >= 0.6 is 0 Å². The number of benzene rings is 1. The van der Waals surface area contributed by atoms with E-state index in [9.17, 15) is 9.59 Å². The van der Waals surface area contributed by atoms with Gasteiger partial charge in [-0.25, -0.2) is 4.79 Å². The zero-order valence-electron chi connectivity index (χ0n) is 21.7. The van der Waals surface area contributed by atoms with Gasteiger partial charge in [0.25, 0.3) is 5.91 Å². The molecule has 1 aliphatic carbocycles. The molecule has 1 atom stereocenters. The number of methoxy groups -OCH3 is 1. The molecule has 1 aliphatic heterocycles. The van der Waals surface area contributed by atoms with Crippen molar-refractivity contribution in [1.29, 1.82) is 0 Å². The number of ether oxygens (including phenoxy) is 3. The second-order valence-corrected chi connectivity index (χ2v) is 10.7. The van der Waals surface area contributed by atoms with E-state index in [0.717, 1.165) is 31.4 Å². The molecule has 0 unspecified atom stereocenters. The van der Waals surface area contributed by atoms with E-state index in [2.05, 4.69) is 35.9 Å². The normalized spacial score (nSPS) is 18.7. The lowest BCUT2D eigenvalue weighted by molar-refractivity contribution is -0.150. The Hall–Kier alpha value is -2.58. The maximum absolute atomic E-state index is 13.7. The Kier molecular flexibility index (Phi) is 7.71. The summed E-state index contributed by atoms with van der Waals surface area (Å²) in [6.07, 6.45) is 4.03. The zero-order valence-corrected chi connectivity index (χ0v) is 21.7. The van der Waals surface area contributed by atoms with E-state index in [4.69, 9.17) is 14.2 Å². The van der Waals surface area contributed by atoms with Crippen LogP contribution in [-0.2, 0) is 32.1 Å². The summed E-state index contributed by atoms with van der Waals surface area (Å²) in [6.45, 7) is 10.7. The first-order chi connectivity index (χ1) is 16.7. The molecule has 8 nitrogen and oxygen atoms in total. The molecule has 1 saturated heterocycles. The van der Waals surface area contributed by atoms with Crippen LogP contribution in [0.25, 0.3) is 10.9 Å². The van der Waals surface area contributed by atoms with Gasteiger partial charge in [0.1, 0.15) is 5.60 Å². The van der Waals surface area contributed by atoms with Gasteiger partial charge in [-0.15, -0.1) is 0 Å². The molecule has 8 heteroatoms. The second kappa shape index (κ2) is 10.6. The van der Waals surface area contributed by atoms with E-state index in [0.29, 0.717) is 26.3 Å². The van der Waals surface area contributed by atoms with E-state index in [-0.39, 0.29) is 18.5 Å². The number of nitrogens with zero attached hydrogens (tertiary/aromatic N) is 3. The van der Waals surface area contributed by atoms with Crippen molar-refractivity contribution in [3.05, 3.63) is 35.5 Å². The second-order valence-electron chi connectivity index (χ2n) is 10.7. The highest BCUT2D eigenvalue weighted by molar-refractivity contribution is 5.86. The third-order valence-electron chi connectivity index (χ3n) is 6.47. The number of hydrogen-bond donors (Lipinski definition) is 0. The fourth-order valence-corrected chi connectivity index (χ4v) is 4.61. The van der Waals surface area contributed by atoms with Crippen molar-refractivity contribution >= 4 is 22.9 Å². The Morgan fingerprint density at radius 2 is 2.00 bits per heavy atom. The van der Waals surface area contributed by atoms with Gasteiger partial charge in [-0.05, 0) is 64.7 Å². The number of aryl methyl sites for hydroxylation is 2. The lowest BCUT2D eigenvalue weighted by atomic mass is 10.1. The Labute approximate surface area is 208 Å². The molecule has 0 radical (unpaired) electrons. The quantitative estimate of drug-likeness (QED) is 0.526. The van der Waals surface area contributed by atoms with Crippen molar-refractivity contribution in [3.63, 3.8) is 0 Å². The summed E-state index contributed by atoms with van der Waals surface area (Å²) < 4.78 is 18.9. The minimum atomic E-state index is -0.673. The Morgan fingerprint density at radius 1 is 1.23 bits per heavy atom. The first-order valence-electron chi connectivity index (χ1n) is 12.6. The average Bonchev–Trinajstić information content (AvgIpc) is 3.59. The molecule has 4 rings (SSSR count). The van der Waals surface area contributed by atoms with E-state index >= 15 is 0 Å². The van der Waals surface area contributed by atoms with Crippen molar-refractivity contribution in [3.8, 4) is 0 Å². The molecule has 2 aliphatic rings. The van der Waals surface area contributed by atoms with Gasteiger partial charge < -0.3 is 28.6 Å². The van der Waals surface area contributed by atoms with Crippen molar-refractivity contribution in [1.82, 2.24) is 14.4 Å². The van der Waals surface area contributed by atoms with Gasteiger partial charge in [0.05, 0.1) is 13.2 Å². The summed E-state index contributed by atoms with van der Waals surface area (Å²) in [6, 6.07) is 6.71. The van der Waals surface area contributed by atoms with Crippen LogP contribution in [0.2, 0.25) is 0 Å². The van der Waals surface area contributed by atoms with Gasteiger partial charge in [-0.3, -0.25) is 4.79 Å². The van der Waals surface area contributed by atoms with Crippen molar-refractivity contribution in [2.24, 2.45) is 0 Å². The maximum Gasteiger partial charge on any atom is 0.410 e. The number of morpholine rings is 1. The molecule has 192 valence electrons. The summed E-state index contributed by atoms with van der Waals surface area (Å²) in [5, 5.41) is 1.18. The van der Waals surface area contributed by atoms with E-state index in [1.807, 2.05) is 25.7 Å². The molecular weight excluding hydrogens is 446 g/mol. The van der Waals surface area contributed by atoms with E-state index in [1.165, 1.54) is 16.5 Å². The highest BCUT2D eigenvalue weighted by atomic mass is 16.6. The van der Waals surface area contributed by atoms with Crippen LogP contribution in [0.4, 0.5) is 4.79 Å². The summed E-state index contributed by atoms with van der Waals surface area (Å²) in [5.41, 5.74) is 2.93. The Balaban J connectivity index is 1.52. The maximum atomic E-state index is 13.7. The molecule has 1 aromatic carbocycles. The van der Waals surface area contributed by atoms with Crippen LogP contribution in [0.15, 0.2) is 24.4 Å². The number of carbonyl (C=O) groups excluding carboxylic acids is 2. The molecule has 1 saturated carbocycles. The molecule has 0 bridgehead atoms. The molecule has 0 spiro atoms. The van der Waals surface area contributed by atoms with Crippen molar-refractivity contribution in [2.75, 3.05) is 33.4 Å². The molecule has 35 heavy (non-hydrogen) atoms. The fraction of sp³-hybridized carbons (Fsp3) is 0.630. The monoisotopic (exact) mass is 485 g/mol. The predicted octanol–water partition coefficient (Wildman–Crippen LogP) is 4.11. The Morgan fingerprint density at radius 3 is 2.69 bits per heavy atom. The molecule has 2 fully saturated rings. The standard InChI is InChI=1S/C27H39N3O5/c1-19-7-10-23-22(15-19)20(16-28(23)11-6-13-33-5)17-30(21-8-9-21)25(31)24-18-29(12-14-34-24)26(32)35-27(2,3)4/h7,10,15-16,21,24H,6,8-9,11-14,17-18H2,1-5H3/t24-/m1/s1. The molecule has 2 heterocycles. The number of fused-ring (bicyclic) bond motifs is 1. The summed E-state index contributed by atoms with van der Waals surface area (Å²) in [7, 11) is 1.72. The molecule has 2 aromatic rings. The smallest absolute Gasteiger partial charge is 0.410 e. The summed E-state index contributed by atoms with van der Waals surface area (Å²) in [5.74, 6) is -0.0475. The third kappa shape index (κ3) is 6.35. The largest absolute Gasteiger partial charge is 0.444 e. The molecular formula is C27H39N3O5. The lowest BCUT2D eigenvalue weighted by Crippen LogP contribution is -2.53. The van der Waals surface area contributed by atoms with Crippen LogP contribution in [-0.4, -0.2) is 77.5 Å². The molecule has 2 amide bonds. The van der Waals surface area contributed by atoms with Gasteiger partial charge in [0.2, 0.25) is 0 Å². The first-order valence-corrected chi connectivity index (χ1v) is 12.6. The van der Waals surface area contributed by atoms with Crippen LogP contribution < -0.4 is 0 Å². The minimum Gasteiger partial charge on any atom is -0.444 e. The number of rotatable bonds is 8. The van der Waals surface area contributed by atoms with Gasteiger partial charge in [-0.2, -0.15) is 0 Å². The van der Waals surface area contributed by atoms with E-state index in [1.54, 1.807) is 12.0 Å². The number of amides is 2.